The van der Waals surface area contributed by atoms with Gasteiger partial charge < -0.3 is 15.3 Å². The SMILES string of the molecule is O=C(O)CCCC(=O)NC1CCN(c2ccccn2)CC1. The average molecular weight is 291 g/mol. The van der Waals surface area contributed by atoms with Crippen LogP contribution >= 0.6 is 0 Å². The molecule has 0 atom stereocenters. The minimum atomic E-state index is -0.855. The molecule has 114 valence electrons. The summed E-state index contributed by atoms with van der Waals surface area (Å²) in [6.45, 7) is 1.74. The molecule has 1 aliphatic heterocycles. The minimum absolute atomic E-state index is 0.0472. The molecule has 21 heavy (non-hydrogen) atoms. The van der Waals surface area contributed by atoms with Crippen LogP contribution in [0, 0.1) is 0 Å². The van der Waals surface area contributed by atoms with Crippen molar-refractivity contribution in [2.24, 2.45) is 0 Å². The predicted molar refractivity (Wildman–Crippen MR) is 79.1 cm³/mol. The van der Waals surface area contributed by atoms with Gasteiger partial charge >= 0.3 is 5.97 Å². The highest BCUT2D eigenvalue weighted by molar-refractivity contribution is 5.77. The van der Waals surface area contributed by atoms with E-state index in [2.05, 4.69) is 15.2 Å². The number of carbonyl (C=O) groups excluding carboxylic acids is 1. The van der Waals surface area contributed by atoms with Crippen LogP contribution in [-0.4, -0.2) is 41.1 Å². The van der Waals surface area contributed by atoms with Gasteiger partial charge in [-0.3, -0.25) is 9.59 Å². The van der Waals surface area contributed by atoms with Gasteiger partial charge in [-0.1, -0.05) is 6.07 Å². The second kappa shape index (κ2) is 7.61. The Hall–Kier alpha value is -2.11. The van der Waals surface area contributed by atoms with Crippen molar-refractivity contribution in [2.75, 3.05) is 18.0 Å². The zero-order valence-corrected chi connectivity index (χ0v) is 12.0. The molecule has 6 heteroatoms. The highest BCUT2D eigenvalue weighted by atomic mass is 16.4. The standard InChI is InChI=1S/C15H21N3O3/c19-14(5-3-6-15(20)21)17-12-7-10-18(11-8-12)13-4-1-2-9-16-13/h1-2,4,9,12H,3,5-8,10-11H2,(H,17,19)(H,20,21). The number of pyridine rings is 1. The van der Waals surface area contributed by atoms with Crippen molar-refractivity contribution in [1.29, 1.82) is 0 Å². The van der Waals surface area contributed by atoms with Crippen molar-refractivity contribution in [1.82, 2.24) is 10.3 Å². The Morgan fingerprint density at radius 1 is 1.29 bits per heavy atom. The molecule has 6 nitrogen and oxygen atoms in total. The monoisotopic (exact) mass is 291 g/mol. The Labute approximate surface area is 124 Å². The molecule has 1 aliphatic rings. The van der Waals surface area contributed by atoms with Crippen molar-refractivity contribution in [3.8, 4) is 0 Å². The molecule has 0 aromatic carbocycles. The van der Waals surface area contributed by atoms with Gasteiger partial charge in [0.25, 0.3) is 0 Å². The molecule has 0 saturated carbocycles. The number of anilines is 1. The van der Waals surface area contributed by atoms with Crippen LogP contribution in [0.1, 0.15) is 32.1 Å². The molecule has 0 spiro atoms. The quantitative estimate of drug-likeness (QED) is 0.828. The predicted octanol–water partition coefficient (Wildman–Crippen LogP) is 1.42. The maximum atomic E-state index is 11.7. The topological polar surface area (TPSA) is 82.5 Å². The lowest BCUT2D eigenvalue weighted by Crippen LogP contribution is -2.44. The van der Waals surface area contributed by atoms with E-state index in [1.54, 1.807) is 6.20 Å². The third-order valence-corrected chi connectivity index (χ3v) is 3.63. The van der Waals surface area contributed by atoms with Crippen molar-refractivity contribution in [3.63, 3.8) is 0 Å². The fourth-order valence-electron chi connectivity index (χ4n) is 2.49. The fourth-order valence-corrected chi connectivity index (χ4v) is 2.49. The van der Waals surface area contributed by atoms with E-state index in [1.807, 2.05) is 18.2 Å². The number of piperidine rings is 1. The molecule has 0 unspecified atom stereocenters. The van der Waals surface area contributed by atoms with Crippen LogP contribution in [-0.2, 0) is 9.59 Å². The average Bonchev–Trinajstić information content (AvgIpc) is 2.48. The molecule has 1 amide bonds. The van der Waals surface area contributed by atoms with Crippen LogP contribution in [0.25, 0.3) is 0 Å². The van der Waals surface area contributed by atoms with Gasteiger partial charge in [0.15, 0.2) is 0 Å². The molecule has 0 radical (unpaired) electrons. The zero-order valence-electron chi connectivity index (χ0n) is 12.0. The number of aromatic nitrogens is 1. The Morgan fingerprint density at radius 3 is 2.67 bits per heavy atom. The lowest BCUT2D eigenvalue weighted by molar-refractivity contribution is -0.137. The molecule has 1 fully saturated rings. The smallest absolute Gasteiger partial charge is 0.303 e. The fraction of sp³-hybridized carbons (Fsp3) is 0.533. The Kier molecular flexibility index (Phi) is 5.54. The van der Waals surface area contributed by atoms with E-state index in [1.165, 1.54) is 0 Å². The molecule has 0 bridgehead atoms. The number of carbonyl (C=O) groups is 2. The van der Waals surface area contributed by atoms with Gasteiger partial charge in [-0.15, -0.1) is 0 Å². The highest BCUT2D eigenvalue weighted by Crippen LogP contribution is 2.17. The van der Waals surface area contributed by atoms with Crippen molar-refractivity contribution < 1.29 is 14.7 Å². The van der Waals surface area contributed by atoms with Gasteiger partial charge in [-0.05, 0) is 31.4 Å². The van der Waals surface area contributed by atoms with E-state index in [4.69, 9.17) is 5.11 Å². The summed E-state index contributed by atoms with van der Waals surface area (Å²) in [6.07, 6.45) is 4.29. The molecule has 0 aliphatic carbocycles. The second-order valence-electron chi connectivity index (χ2n) is 5.26. The number of aliphatic carboxylic acids is 1. The first-order chi connectivity index (χ1) is 10.1. The first-order valence-electron chi connectivity index (χ1n) is 7.32. The minimum Gasteiger partial charge on any atom is -0.481 e. The van der Waals surface area contributed by atoms with Gasteiger partial charge in [-0.25, -0.2) is 4.98 Å². The van der Waals surface area contributed by atoms with Crippen molar-refractivity contribution in [3.05, 3.63) is 24.4 Å². The number of rotatable bonds is 6. The summed E-state index contributed by atoms with van der Waals surface area (Å²) in [5.74, 6) is 0.0720. The van der Waals surface area contributed by atoms with Gasteiger partial charge in [0, 0.05) is 38.2 Å². The van der Waals surface area contributed by atoms with Crippen LogP contribution < -0.4 is 10.2 Å². The maximum absolute atomic E-state index is 11.7. The van der Waals surface area contributed by atoms with E-state index >= 15 is 0 Å². The Balaban J connectivity index is 1.69. The van der Waals surface area contributed by atoms with Gasteiger partial charge in [-0.2, -0.15) is 0 Å². The molecular weight excluding hydrogens is 270 g/mol. The van der Waals surface area contributed by atoms with Crippen molar-refractivity contribution >= 4 is 17.7 Å². The molecule has 2 rings (SSSR count). The first kappa shape index (κ1) is 15.3. The van der Waals surface area contributed by atoms with Gasteiger partial charge in [0.05, 0.1) is 0 Å². The van der Waals surface area contributed by atoms with Crippen LogP contribution in [0.15, 0.2) is 24.4 Å². The summed E-state index contributed by atoms with van der Waals surface area (Å²) in [4.78, 5) is 28.7. The number of carboxylic acids is 1. The number of amides is 1. The summed E-state index contributed by atoms with van der Waals surface area (Å²) in [5, 5.41) is 11.5. The number of nitrogens with zero attached hydrogens (tertiary/aromatic N) is 2. The molecule has 2 N–H and O–H groups in total. The lowest BCUT2D eigenvalue weighted by Gasteiger charge is -2.33. The normalized spacial score (nSPS) is 15.7. The summed E-state index contributed by atoms with van der Waals surface area (Å²) >= 11 is 0. The highest BCUT2D eigenvalue weighted by Gasteiger charge is 2.21. The van der Waals surface area contributed by atoms with E-state index in [0.29, 0.717) is 6.42 Å². The first-order valence-corrected chi connectivity index (χ1v) is 7.32. The third kappa shape index (κ3) is 5.06. The Morgan fingerprint density at radius 2 is 2.05 bits per heavy atom. The number of hydrogen-bond donors (Lipinski definition) is 2. The van der Waals surface area contributed by atoms with Crippen LogP contribution in [0.3, 0.4) is 0 Å². The summed E-state index contributed by atoms with van der Waals surface area (Å²) in [5.41, 5.74) is 0. The van der Waals surface area contributed by atoms with Crippen molar-refractivity contribution in [2.45, 2.75) is 38.1 Å². The Bertz CT molecular complexity index is 470. The largest absolute Gasteiger partial charge is 0.481 e. The van der Waals surface area contributed by atoms with Crippen LogP contribution in [0.2, 0.25) is 0 Å². The third-order valence-electron chi connectivity index (χ3n) is 3.63. The van der Waals surface area contributed by atoms with Crippen LogP contribution in [0.4, 0.5) is 5.82 Å². The molecule has 1 aromatic rings. The number of carboxylic acid groups (broad SMARTS) is 1. The summed E-state index contributed by atoms with van der Waals surface area (Å²) < 4.78 is 0. The number of nitrogens with one attached hydrogen (secondary N) is 1. The molecule has 2 heterocycles. The van der Waals surface area contributed by atoms with E-state index in [9.17, 15) is 9.59 Å². The van der Waals surface area contributed by atoms with E-state index in [0.717, 1.165) is 31.7 Å². The summed E-state index contributed by atoms with van der Waals surface area (Å²) in [6, 6.07) is 6.04. The van der Waals surface area contributed by atoms with Gasteiger partial charge in [0.1, 0.15) is 5.82 Å². The lowest BCUT2D eigenvalue weighted by atomic mass is 10.0. The van der Waals surface area contributed by atoms with Gasteiger partial charge in [0.2, 0.25) is 5.91 Å². The summed E-state index contributed by atoms with van der Waals surface area (Å²) in [7, 11) is 0. The zero-order chi connectivity index (χ0) is 15.1. The van der Waals surface area contributed by atoms with E-state index < -0.39 is 5.97 Å². The maximum Gasteiger partial charge on any atom is 0.303 e. The molecular formula is C15H21N3O3. The molecule has 1 aromatic heterocycles. The molecule has 1 saturated heterocycles. The second-order valence-corrected chi connectivity index (χ2v) is 5.26. The number of hydrogen-bond acceptors (Lipinski definition) is 4. The van der Waals surface area contributed by atoms with Crippen LogP contribution in [0.5, 0.6) is 0 Å². The van der Waals surface area contributed by atoms with E-state index in [-0.39, 0.29) is 24.8 Å².